The summed E-state index contributed by atoms with van der Waals surface area (Å²) in [6.45, 7) is 5.82. The van der Waals surface area contributed by atoms with Gasteiger partial charge in [-0.3, -0.25) is 9.67 Å². The van der Waals surface area contributed by atoms with Crippen LogP contribution in [0.4, 0.5) is 19.3 Å². The Bertz CT molecular complexity index is 1570. The topological polar surface area (TPSA) is 94.4 Å². The summed E-state index contributed by atoms with van der Waals surface area (Å²) in [5, 5.41) is 4.68. The lowest BCUT2D eigenvalue weighted by Gasteiger charge is -2.24. The van der Waals surface area contributed by atoms with Crippen LogP contribution in [0.1, 0.15) is 25.8 Å². The van der Waals surface area contributed by atoms with Crippen molar-refractivity contribution in [2.45, 2.75) is 38.6 Å². The third-order valence-electron chi connectivity index (χ3n) is 5.86. The number of aromatic nitrogens is 3. The van der Waals surface area contributed by atoms with Crippen LogP contribution in [0.3, 0.4) is 0 Å². The van der Waals surface area contributed by atoms with E-state index in [0.717, 1.165) is 17.2 Å². The summed E-state index contributed by atoms with van der Waals surface area (Å²) in [5.74, 6) is -2.17. The van der Waals surface area contributed by atoms with Crippen molar-refractivity contribution < 1.29 is 26.7 Å². The van der Waals surface area contributed by atoms with E-state index in [-0.39, 0.29) is 12.3 Å². The molecule has 0 aliphatic rings. The third kappa shape index (κ3) is 5.14. The number of anilines is 1. The minimum absolute atomic E-state index is 0.0671. The Hall–Kier alpha value is -4.12. The Labute approximate surface area is 219 Å². The number of nitrogens with zero attached hydrogens (tertiary/aromatic N) is 4. The SMILES string of the molecule is CCCOC(=O)N(c1cccc(-c2nn(CC)cc2-c2ccncc2)c1C)S(=O)(=O)c1cc(F)ccc1F. The fraction of sp³-hybridized carbons (Fsp3) is 0.222. The predicted octanol–water partition coefficient (Wildman–Crippen LogP) is 5.96. The van der Waals surface area contributed by atoms with Gasteiger partial charge in [0.1, 0.15) is 22.2 Å². The number of ether oxygens (including phenoxy) is 1. The van der Waals surface area contributed by atoms with Gasteiger partial charge in [0.05, 0.1) is 12.3 Å². The van der Waals surface area contributed by atoms with Gasteiger partial charge < -0.3 is 4.74 Å². The molecule has 2 aromatic heterocycles. The Morgan fingerprint density at radius 1 is 1.05 bits per heavy atom. The molecule has 0 spiro atoms. The minimum atomic E-state index is -4.91. The molecule has 0 bridgehead atoms. The molecule has 0 saturated carbocycles. The number of carbonyl (C=O) groups excluding carboxylic acids is 1. The van der Waals surface area contributed by atoms with Crippen molar-refractivity contribution in [3.63, 3.8) is 0 Å². The van der Waals surface area contributed by atoms with Crippen molar-refractivity contribution in [1.82, 2.24) is 14.8 Å². The van der Waals surface area contributed by atoms with Gasteiger partial charge in [0, 0.05) is 36.3 Å². The molecule has 198 valence electrons. The molecule has 0 radical (unpaired) electrons. The molecular weight excluding hydrogens is 514 g/mol. The first-order valence-corrected chi connectivity index (χ1v) is 13.4. The van der Waals surface area contributed by atoms with Gasteiger partial charge in [-0.05, 0) is 67.8 Å². The van der Waals surface area contributed by atoms with Gasteiger partial charge in [-0.1, -0.05) is 19.1 Å². The summed E-state index contributed by atoms with van der Waals surface area (Å²) >= 11 is 0. The number of carbonyl (C=O) groups is 1. The molecule has 0 fully saturated rings. The minimum Gasteiger partial charge on any atom is -0.448 e. The lowest BCUT2D eigenvalue weighted by atomic mass is 9.98. The number of aryl methyl sites for hydroxylation is 1. The second kappa shape index (κ2) is 11.1. The second-order valence-electron chi connectivity index (χ2n) is 8.39. The molecule has 2 heterocycles. The van der Waals surface area contributed by atoms with Gasteiger partial charge >= 0.3 is 6.09 Å². The van der Waals surface area contributed by atoms with Crippen LogP contribution >= 0.6 is 0 Å². The van der Waals surface area contributed by atoms with Crippen molar-refractivity contribution in [1.29, 1.82) is 0 Å². The Morgan fingerprint density at radius 3 is 2.47 bits per heavy atom. The van der Waals surface area contributed by atoms with Crippen LogP contribution in [0.2, 0.25) is 0 Å². The number of sulfonamides is 1. The molecule has 4 aromatic rings. The van der Waals surface area contributed by atoms with Gasteiger partial charge in [-0.2, -0.15) is 9.40 Å². The standard InChI is InChI=1S/C27H26F2N4O4S/c1-4-15-37-27(34)33(38(35,36)25-16-20(28)9-10-23(25)29)24-8-6-7-21(18(24)3)26-22(17-32(5-2)31-26)19-11-13-30-14-12-19/h6-14,16-17H,4-5,15H2,1-3H3. The zero-order valence-corrected chi connectivity index (χ0v) is 21.9. The van der Waals surface area contributed by atoms with Crippen molar-refractivity contribution in [2.75, 3.05) is 10.9 Å². The summed E-state index contributed by atoms with van der Waals surface area (Å²) in [4.78, 5) is 16.2. The Balaban J connectivity index is 1.93. The van der Waals surface area contributed by atoms with E-state index in [4.69, 9.17) is 4.74 Å². The normalized spacial score (nSPS) is 11.4. The van der Waals surface area contributed by atoms with Crippen LogP contribution in [0.25, 0.3) is 22.4 Å². The molecule has 8 nitrogen and oxygen atoms in total. The van der Waals surface area contributed by atoms with Crippen LogP contribution in [0, 0.1) is 18.6 Å². The number of pyridine rings is 1. The second-order valence-corrected chi connectivity index (χ2v) is 10.1. The van der Waals surface area contributed by atoms with E-state index in [1.54, 1.807) is 43.1 Å². The molecule has 0 aliphatic carbocycles. The lowest BCUT2D eigenvalue weighted by molar-refractivity contribution is 0.158. The fourth-order valence-corrected chi connectivity index (χ4v) is 5.45. The Morgan fingerprint density at radius 2 is 1.79 bits per heavy atom. The van der Waals surface area contributed by atoms with Crippen LogP contribution in [-0.2, 0) is 21.3 Å². The maximum atomic E-state index is 14.6. The highest BCUT2D eigenvalue weighted by molar-refractivity contribution is 7.93. The summed E-state index contributed by atoms with van der Waals surface area (Å²) in [7, 11) is -4.91. The van der Waals surface area contributed by atoms with E-state index in [0.29, 0.717) is 46.2 Å². The van der Waals surface area contributed by atoms with Crippen LogP contribution < -0.4 is 4.31 Å². The van der Waals surface area contributed by atoms with E-state index < -0.39 is 32.6 Å². The summed E-state index contributed by atoms with van der Waals surface area (Å²) < 4.78 is 63.2. The average molecular weight is 541 g/mol. The number of hydrogen-bond donors (Lipinski definition) is 0. The van der Waals surface area contributed by atoms with E-state index in [1.807, 2.05) is 25.3 Å². The molecular formula is C27H26F2N4O4S. The quantitative estimate of drug-likeness (QED) is 0.274. The van der Waals surface area contributed by atoms with Gasteiger partial charge in [0.2, 0.25) is 0 Å². The van der Waals surface area contributed by atoms with Gasteiger partial charge in [-0.15, -0.1) is 0 Å². The number of amides is 1. The lowest BCUT2D eigenvalue weighted by Crippen LogP contribution is -2.38. The largest absolute Gasteiger partial charge is 0.448 e. The van der Waals surface area contributed by atoms with E-state index in [1.165, 1.54) is 6.07 Å². The van der Waals surface area contributed by atoms with Crippen LogP contribution in [0.5, 0.6) is 0 Å². The molecule has 2 aromatic carbocycles. The first-order valence-electron chi connectivity index (χ1n) is 11.9. The van der Waals surface area contributed by atoms with Crippen LogP contribution in [0.15, 0.2) is 72.0 Å². The number of hydrogen-bond acceptors (Lipinski definition) is 6. The van der Waals surface area contributed by atoms with Crippen molar-refractivity contribution >= 4 is 21.8 Å². The molecule has 4 rings (SSSR count). The molecule has 38 heavy (non-hydrogen) atoms. The maximum Gasteiger partial charge on any atom is 0.428 e. The van der Waals surface area contributed by atoms with Gasteiger partial charge in [0.25, 0.3) is 10.0 Å². The first kappa shape index (κ1) is 26.9. The number of benzene rings is 2. The molecule has 1 amide bonds. The zero-order valence-electron chi connectivity index (χ0n) is 21.1. The summed E-state index contributed by atoms with van der Waals surface area (Å²) in [5.41, 5.74) is 3.01. The van der Waals surface area contributed by atoms with Gasteiger partial charge in [0.15, 0.2) is 0 Å². The molecule has 11 heteroatoms. The highest BCUT2D eigenvalue weighted by atomic mass is 32.2. The van der Waals surface area contributed by atoms with Crippen molar-refractivity contribution in [2.24, 2.45) is 0 Å². The molecule has 0 atom stereocenters. The first-order chi connectivity index (χ1) is 18.2. The predicted molar refractivity (Wildman–Crippen MR) is 139 cm³/mol. The molecule has 0 unspecified atom stereocenters. The Kier molecular flexibility index (Phi) is 7.86. The smallest absolute Gasteiger partial charge is 0.428 e. The average Bonchev–Trinajstić information content (AvgIpc) is 3.34. The zero-order chi connectivity index (χ0) is 27.4. The summed E-state index contributed by atoms with van der Waals surface area (Å²) in [6.07, 6.45) is 4.36. The highest BCUT2D eigenvalue weighted by Gasteiger charge is 2.36. The van der Waals surface area contributed by atoms with Gasteiger partial charge in [-0.25, -0.2) is 22.0 Å². The fourth-order valence-electron chi connectivity index (χ4n) is 3.97. The highest BCUT2D eigenvalue weighted by Crippen LogP contribution is 2.38. The number of halogens is 2. The monoisotopic (exact) mass is 540 g/mol. The summed E-state index contributed by atoms with van der Waals surface area (Å²) in [6, 6.07) is 10.4. The number of rotatable bonds is 8. The molecule has 0 N–H and O–H groups in total. The van der Waals surface area contributed by atoms with Crippen molar-refractivity contribution in [3.8, 4) is 22.4 Å². The van der Waals surface area contributed by atoms with E-state index in [2.05, 4.69) is 10.1 Å². The van der Waals surface area contributed by atoms with Crippen molar-refractivity contribution in [3.05, 3.63) is 84.3 Å². The maximum absolute atomic E-state index is 14.6. The van der Waals surface area contributed by atoms with E-state index >= 15 is 0 Å². The molecule has 0 saturated heterocycles. The molecule has 0 aliphatic heterocycles. The third-order valence-corrected chi connectivity index (χ3v) is 7.56. The van der Waals surface area contributed by atoms with E-state index in [9.17, 15) is 22.0 Å². The van der Waals surface area contributed by atoms with Crippen LogP contribution in [-0.4, -0.2) is 35.9 Å².